The van der Waals surface area contributed by atoms with Gasteiger partial charge in [-0.15, -0.1) is 10.2 Å². The molecule has 0 aliphatic heterocycles. The molecular formula is C29H34N6O2S. The van der Waals surface area contributed by atoms with Crippen molar-refractivity contribution in [2.75, 3.05) is 29.9 Å². The number of hydrogen-bond acceptors (Lipinski definition) is 6. The van der Waals surface area contributed by atoms with E-state index in [0.29, 0.717) is 12.2 Å². The van der Waals surface area contributed by atoms with Gasteiger partial charge in [0.25, 0.3) is 5.91 Å². The Balaban J connectivity index is 1.42. The Bertz CT molecular complexity index is 1400. The number of nitrogens with one attached hydrogen (secondary N) is 2. The van der Waals surface area contributed by atoms with Crippen LogP contribution in [-0.4, -0.2) is 45.7 Å². The minimum Gasteiger partial charge on any atom is -0.494 e. The van der Waals surface area contributed by atoms with Gasteiger partial charge < -0.3 is 15.0 Å². The van der Waals surface area contributed by atoms with E-state index in [0.717, 1.165) is 59.7 Å². The van der Waals surface area contributed by atoms with E-state index < -0.39 is 0 Å². The number of benzene rings is 3. The molecule has 0 radical (unpaired) electrons. The van der Waals surface area contributed by atoms with Crippen molar-refractivity contribution in [1.29, 1.82) is 0 Å². The van der Waals surface area contributed by atoms with Crippen molar-refractivity contribution >= 4 is 45.6 Å². The Morgan fingerprint density at radius 3 is 2.26 bits per heavy atom. The van der Waals surface area contributed by atoms with Crippen molar-refractivity contribution in [3.63, 3.8) is 0 Å². The molecule has 0 unspecified atom stereocenters. The normalized spacial score (nSPS) is 10.8. The van der Waals surface area contributed by atoms with Gasteiger partial charge in [-0.2, -0.15) is 4.80 Å². The summed E-state index contributed by atoms with van der Waals surface area (Å²) in [5.74, 6) is 0.452. The molecule has 4 aromatic rings. The molecule has 4 rings (SSSR count). The van der Waals surface area contributed by atoms with Crippen LogP contribution in [-0.2, 0) is 0 Å². The van der Waals surface area contributed by atoms with E-state index in [4.69, 9.17) is 17.0 Å². The number of anilines is 2. The van der Waals surface area contributed by atoms with E-state index >= 15 is 0 Å². The molecule has 0 saturated carbocycles. The van der Waals surface area contributed by atoms with Crippen LogP contribution in [0.15, 0.2) is 60.7 Å². The van der Waals surface area contributed by atoms with Gasteiger partial charge in [-0.1, -0.05) is 13.3 Å². The van der Waals surface area contributed by atoms with Gasteiger partial charge in [-0.05, 0) is 106 Å². The van der Waals surface area contributed by atoms with Crippen LogP contribution in [0.5, 0.6) is 5.75 Å². The summed E-state index contributed by atoms with van der Waals surface area (Å²) in [7, 11) is 0. The minimum atomic E-state index is -0.291. The third kappa shape index (κ3) is 6.47. The summed E-state index contributed by atoms with van der Waals surface area (Å²) in [6.45, 7) is 10.9. The van der Waals surface area contributed by atoms with Crippen LogP contribution in [0.25, 0.3) is 16.7 Å². The van der Waals surface area contributed by atoms with E-state index in [1.165, 1.54) is 5.69 Å². The SMILES string of the molecule is CCCCOc1ccc(C(=O)NC(=S)Nc2cc3nn(-c4ccc(N(CC)CC)cc4)nc3cc2C)cc1. The maximum absolute atomic E-state index is 12.7. The Hall–Kier alpha value is -3.98. The zero-order valence-corrected chi connectivity index (χ0v) is 23.1. The molecule has 3 aromatic carbocycles. The highest BCUT2D eigenvalue weighted by Gasteiger charge is 2.12. The van der Waals surface area contributed by atoms with Gasteiger partial charge in [0, 0.05) is 30.0 Å². The number of amides is 1. The first-order valence-electron chi connectivity index (χ1n) is 13.0. The van der Waals surface area contributed by atoms with Crippen LogP contribution in [0.1, 0.15) is 49.5 Å². The zero-order chi connectivity index (χ0) is 27.1. The molecule has 1 heterocycles. The monoisotopic (exact) mass is 530 g/mol. The summed E-state index contributed by atoms with van der Waals surface area (Å²) >= 11 is 5.41. The van der Waals surface area contributed by atoms with E-state index in [9.17, 15) is 4.79 Å². The van der Waals surface area contributed by atoms with Gasteiger partial charge in [0.15, 0.2) is 5.11 Å². The van der Waals surface area contributed by atoms with Crippen LogP contribution in [0.4, 0.5) is 11.4 Å². The Morgan fingerprint density at radius 2 is 1.63 bits per heavy atom. The van der Waals surface area contributed by atoms with Crippen LogP contribution in [0.2, 0.25) is 0 Å². The van der Waals surface area contributed by atoms with E-state index in [1.54, 1.807) is 29.1 Å². The number of carbonyl (C=O) groups is 1. The predicted octanol–water partition coefficient (Wildman–Crippen LogP) is 5.88. The average molecular weight is 531 g/mol. The fourth-order valence-corrected chi connectivity index (χ4v) is 4.27. The standard InChI is InChI=1S/C29H34N6O2S/c1-5-8-17-37-24-15-9-21(10-16-24)28(36)31-29(38)30-25-19-27-26(18-20(25)4)32-35(33-27)23-13-11-22(12-14-23)34(6-2)7-3/h9-16,18-19H,5-8,17H2,1-4H3,(H2,30,31,36,38). The number of carbonyl (C=O) groups excluding carboxylic acids is 1. The number of aromatic nitrogens is 3. The maximum atomic E-state index is 12.7. The van der Waals surface area contributed by atoms with Crippen molar-refractivity contribution in [2.45, 2.75) is 40.5 Å². The molecule has 1 aromatic heterocycles. The van der Waals surface area contributed by atoms with Crippen molar-refractivity contribution in [3.05, 3.63) is 71.8 Å². The summed E-state index contributed by atoms with van der Waals surface area (Å²) in [6.07, 6.45) is 2.06. The van der Waals surface area contributed by atoms with Gasteiger partial charge in [0.05, 0.1) is 12.3 Å². The number of ether oxygens (including phenoxy) is 1. The van der Waals surface area contributed by atoms with Crippen LogP contribution >= 0.6 is 12.2 Å². The molecular weight excluding hydrogens is 496 g/mol. The molecule has 0 fully saturated rings. The second kappa shape index (κ2) is 12.5. The van der Waals surface area contributed by atoms with Crippen LogP contribution in [0.3, 0.4) is 0 Å². The number of aryl methyl sites for hydroxylation is 1. The summed E-state index contributed by atoms with van der Waals surface area (Å²) in [5, 5.41) is 15.4. The molecule has 198 valence electrons. The highest BCUT2D eigenvalue weighted by molar-refractivity contribution is 7.80. The lowest BCUT2D eigenvalue weighted by Gasteiger charge is -2.20. The lowest BCUT2D eigenvalue weighted by molar-refractivity contribution is 0.0977. The lowest BCUT2D eigenvalue weighted by Crippen LogP contribution is -2.34. The van der Waals surface area contributed by atoms with E-state index in [1.807, 2.05) is 31.2 Å². The number of unbranched alkanes of at least 4 members (excludes halogenated alkanes) is 1. The van der Waals surface area contributed by atoms with Gasteiger partial charge in [-0.25, -0.2) is 0 Å². The molecule has 0 spiro atoms. The predicted molar refractivity (Wildman–Crippen MR) is 158 cm³/mol. The molecule has 1 amide bonds. The molecule has 0 bridgehead atoms. The first kappa shape index (κ1) is 27.1. The summed E-state index contributed by atoms with van der Waals surface area (Å²) in [6, 6.07) is 19.1. The topological polar surface area (TPSA) is 84.3 Å². The number of thiocarbonyl (C=S) groups is 1. The Labute approximate surface area is 229 Å². The second-order valence-electron chi connectivity index (χ2n) is 8.97. The minimum absolute atomic E-state index is 0.208. The Morgan fingerprint density at radius 1 is 0.974 bits per heavy atom. The third-order valence-electron chi connectivity index (χ3n) is 6.29. The largest absolute Gasteiger partial charge is 0.494 e. The molecule has 0 saturated heterocycles. The fourth-order valence-electron chi connectivity index (χ4n) is 4.07. The number of fused-ring (bicyclic) bond motifs is 1. The lowest BCUT2D eigenvalue weighted by atomic mass is 10.2. The highest BCUT2D eigenvalue weighted by Crippen LogP contribution is 2.23. The molecule has 0 atom stereocenters. The fraction of sp³-hybridized carbons (Fsp3) is 0.310. The van der Waals surface area contributed by atoms with Gasteiger partial charge in [0.1, 0.15) is 16.8 Å². The van der Waals surface area contributed by atoms with Gasteiger partial charge in [0.2, 0.25) is 0 Å². The van der Waals surface area contributed by atoms with E-state index in [2.05, 4.69) is 58.6 Å². The molecule has 0 aliphatic carbocycles. The molecule has 2 N–H and O–H groups in total. The molecule has 38 heavy (non-hydrogen) atoms. The zero-order valence-electron chi connectivity index (χ0n) is 22.3. The van der Waals surface area contributed by atoms with Crippen molar-refractivity contribution in [2.24, 2.45) is 0 Å². The number of rotatable bonds is 10. The quantitative estimate of drug-likeness (QED) is 0.196. The maximum Gasteiger partial charge on any atom is 0.257 e. The van der Waals surface area contributed by atoms with Crippen LogP contribution in [0, 0.1) is 6.92 Å². The first-order valence-corrected chi connectivity index (χ1v) is 13.4. The van der Waals surface area contributed by atoms with Gasteiger partial charge in [-0.3, -0.25) is 10.1 Å². The number of hydrogen-bond donors (Lipinski definition) is 2. The van der Waals surface area contributed by atoms with Crippen molar-refractivity contribution in [3.8, 4) is 11.4 Å². The summed E-state index contributed by atoms with van der Waals surface area (Å²) in [4.78, 5) is 16.6. The number of nitrogens with zero attached hydrogens (tertiary/aromatic N) is 4. The van der Waals surface area contributed by atoms with Crippen molar-refractivity contribution in [1.82, 2.24) is 20.3 Å². The molecule has 0 aliphatic rings. The molecule has 8 nitrogen and oxygen atoms in total. The van der Waals surface area contributed by atoms with E-state index in [-0.39, 0.29) is 11.0 Å². The smallest absolute Gasteiger partial charge is 0.257 e. The first-order chi connectivity index (χ1) is 18.4. The summed E-state index contributed by atoms with van der Waals surface area (Å²) < 4.78 is 5.66. The summed E-state index contributed by atoms with van der Waals surface area (Å²) in [5.41, 5.74) is 5.74. The third-order valence-corrected chi connectivity index (χ3v) is 6.50. The van der Waals surface area contributed by atoms with Crippen LogP contribution < -0.4 is 20.3 Å². The average Bonchev–Trinajstić information content (AvgIpc) is 3.33. The second-order valence-corrected chi connectivity index (χ2v) is 9.38. The van der Waals surface area contributed by atoms with Gasteiger partial charge >= 0.3 is 0 Å². The molecule has 9 heteroatoms. The van der Waals surface area contributed by atoms with Crippen molar-refractivity contribution < 1.29 is 9.53 Å². The Kier molecular flexibility index (Phi) is 8.91. The highest BCUT2D eigenvalue weighted by atomic mass is 32.1.